The number of aromatic amines is 1. The Labute approximate surface area is 125 Å². The highest BCUT2D eigenvalue weighted by atomic mass is 19.1. The van der Waals surface area contributed by atoms with E-state index in [1.54, 1.807) is 18.2 Å². The fourth-order valence-corrected chi connectivity index (χ4v) is 2.73. The Balaban J connectivity index is 1.98. The molecule has 2 aromatic rings. The normalized spacial score (nSPS) is 18.6. The molecular formula is C15H16FN3O3. The van der Waals surface area contributed by atoms with E-state index in [-0.39, 0.29) is 11.6 Å². The van der Waals surface area contributed by atoms with Crippen molar-refractivity contribution in [3.8, 4) is 0 Å². The second-order valence-corrected chi connectivity index (χ2v) is 5.32. The predicted molar refractivity (Wildman–Crippen MR) is 81.5 cm³/mol. The maximum absolute atomic E-state index is 12.8. The number of benzene rings is 1. The summed E-state index contributed by atoms with van der Waals surface area (Å²) in [5, 5.41) is 12.4. The van der Waals surface area contributed by atoms with E-state index in [1.165, 1.54) is 6.20 Å². The number of carbonyl (C=O) groups is 1. The van der Waals surface area contributed by atoms with Crippen molar-refractivity contribution in [3.05, 3.63) is 40.2 Å². The van der Waals surface area contributed by atoms with Gasteiger partial charge in [0.15, 0.2) is 0 Å². The van der Waals surface area contributed by atoms with Gasteiger partial charge in [0.25, 0.3) is 0 Å². The van der Waals surface area contributed by atoms with Gasteiger partial charge in [-0.3, -0.25) is 4.79 Å². The highest BCUT2D eigenvalue weighted by molar-refractivity contribution is 5.93. The molecule has 1 aliphatic heterocycles. The standard InChI is InChI=1S/C15H16FN3O3/c16-6-9-8-19(4-3-17-9)10-1-2-11-13(5-10)18-7-12(14(11)20)15(21)22/h1-2,5,7,9,17H,3-4,6,8H2,(H,18,20)(H,21,22). The van der Waals surface area contributed by atoms with E-state index >= 15 is 0 Å². The molecule has 1 fully saturated rings. The van der Waals surface area contributed by atoms with E-state index < -0.39 is 18.1 Å². The minimum Gasteiger partial charge on any atom is -0.477 e. The molecule has 1 aliphatic rings. The maximum atomic E-state index is 12.8. The van der Waals surface area contributed by atoms with Crippen LogP contribution in [-0.2, 0) is 0 Å². The van der Waals surface area contributed by atoms with Gasteiger partial charge in [0.1, 0.15) is 12.2 Å². The fraction of sp³-hybridized carbons (Fsp3) is 0.333. The van der Waals surface area contributed by atoms with Gasteiger partial charge in [0.2, 0.25) is 5.43 Å². The SMILES string of the molecule is O=C(O)c1c[nH]c2cc(N3CCNC(CF)C3)ccc2c1=O. The molecule has 1 unspecified atom stereocenters. The van der Waals surface area contributed by atoms with Gasteiger partial charge in [-0.05, 0) is 18.2 Å². The number of carboxylic acid groups (broad SMARTS) is 1. The third kappa shape index (κ3) is 2.55. The van der Waals surface area contributed by atoms with Gasteiger partial charge in [-0.25, -0.2) is 9.18 Å². The Hall–Kier alpha value is -2.41. The van der Waals surface area contributed by atoms with E-state index in [2.05, 4.69) is 10.3 Å². The van der Waals surface area contributed by atoms with Gasteiger partial charge in [0.05, 0.1) is 11.6 Å². The number of alkyl halides is 1. The summed E-state index contributed by atoms with van der Waals surface area (Å²) < 4.78 is 12.8. The molecule has 1 saturated heterocycles. The van der Waals surface area contributed by atoms with E-state index in [9.17, 15) is 14.0 Å². The van der Waals surface area contributed by atoms with Gasteiger partial charge in [-0.2, -0.15) is 0 Å². The van der Waals surface area contributed by atoms with Crippen LogP contribution < -0.4 is 15.6 Å². The van der Waals surface area contributed by atoms with Crippen molar-refractivity contribution in [3.63, 3.8) is 0 Å². The fourth-order valence-electron chi connectivity index (χ4n) is 2.73. The minimum atomic E-state index is -1.25. The van der Waals surface area contributed by atoms with Crippen LogP contribution in [-0.4, -0.2) is 48.4 Å². The molecule has 7 heteroatoms. The van der Waals surface area contributed by atoms with Crippen molar-refractivity contribution in [2.24, 2.45) is 0 Å². The van der Waals surface area contributed by atoms with Crippen molar-refractivity contribution < 1.29 is 14.3 Å². The molecule has 0 amide bonds. The number of carboxylic acids is 1. The molecule has 2 heterocycles. The average molecular weight is 305 g/mol. The summed E-state index contributed by atoms with van der Waals surface area (Å²) >= 11 is 0. The number of halogens is 1. The average Bonchev–Trinajstić information content (AvgIpc) is 2.54. The highest BCUT2D eigenvalue weighted by Gasteiger charge is 2.20. The molecule has 116 valence electrons. The number of nitrogens with zero attached hydrogens (tertiary/aromatic N) is 1. The van der Waals surface area contributed by atoms with Crippen LogP contribution >= 0.6 is 0 Å². The largest absolute Gasteiger partial charge is 0.477 e. The first-order valence-electron chi connectivity index (χ1n) is 7.03. The quantitative estimate of drug-likeness (QED) is 0.787. The molecule has 22 heavy (non-hydrogen) atoms. The molecule has 1 atom stereocenters. The van der Waals surface area contributed by atoms with Gasteiger partial charge in [-0.1, -0.05) is 0 Å². The second kappa shape index (κ2) is 5.76. The molecule has 1 aromatic heterocycles. The third-order valence-electron chi connectivity index (χ3n) is 3.90. The van der Waals surface area contributed by atoms with Gasteiger partial charge in [-0.15, -0.1) is 0 Å². The summed E-state index contributed by atoms with van der Waals surface area (Å²) in [6.07, 6.45) is 1.21. The summed E-state index contributed by atoms with van der Waals surface area (Å²) in [4.78, 5) is 28.0. The zero-order valence-electron chi connectivity index (χ0n) is 11.8. The van der Waals surface area contributed by atoms with E-state index in [4.69, 9.17) is 5.11 Å². The van der Waals surface area contributed by atoms with Crippen LogP contribution in [0, 0.1) is 0 Å². The topological polar surface area (TPSA) is 85.4 Å². The highest BCUT2D eigenvalue weighted by Crippen LogP contribution is 2.20. The van der Waals surface area contributed by atoms with Crippen LogP contribution in [0.1, 0.15) is 10.4 Å². The third-order valence-corrected chi connectivity index (χ3v) is 3.90. The Morgan fingerprint density at radius 3 is 3.00 bits per heavy atom. The summed E-state index contributed by atoms with van der Waals surface area (Å²) in [6, 6.07) is 4.98. The number of hydrogen-bond acceptors (Lipinski definition) is 4. The number of H-pyrrole nitrogens is 1. The maximum Gasteiger partial charge on any atom is 0.341 e. The lowest BCUT2D eigenvalue weighted by Gasteiger charge is -2.34. The number of hydrogen-bond donors (Lipinski definition) is 3. The number of anilines is 1. The van der Waals surface area contributed by atoms with E-state index in [0.29, 0.717) is 24.0 Å². The van der Waals surface area contributed by atoms with Gasteiger partial charge < -0.3 is 20.3 Å². The number of fused-ring (bicyclic) bond motifs is 1. The van der Waals surface area contributed by atoms with Crippen molar-refractivity contribution in [2.45, 2.75) is 6.04 Å². The Morgan fingerprint density at radius 2 is 2.27 bits per heavy atom. The molecule has 0 spiro atoms. The lowest BCUT2D eigenvalue weighted by atomic mass is 10.1. The molecule has 0 saturated carbocycles. The smallest absolute Gasteiger partial charge is 0.341 e. The number of aromatic nitrogens is 1. The van der Waals surface area contributed by atoms with Crippen LogP contribution in [0.3, 0.4) is 0 Å². The van der Waals surface area contributed by atoms with Crippen molar-refractivity contribution in [1.29, 1.82) is 0 Å². The summed E-state index contributed by atoms with van der Waals surface area (Å²) in [5.74, 6) is -1.25. The molecular weight excluding hydrogens is 289 g/mol. The van der Waals surface area contributed by atoms with Crippen LogP contribution in [0.4, 0.5) is 10.1 Å². The molecule has 0 radical (unpaired) electrons. The van der Waals surface area contributed by atoms with E-state index in [1.807, 2.05) is 4.90 Å². The number of rotatable bonds is 3. The summed E-state index contributed by atoms with van der Waals surface area (Å²) in [5.41, 5.74) is 0.670. The lowest BCUT2D eigenvalue weighted by Crippen LogP contribution is -2.51. The summed E-state index contributed by atoms with van der Waals surface area (Å²) in [7, 11) is 0. The molecule has 1 aromatic carbocycles. The van der Waals surface area contributed by atoms with Crippen molar-refractivity contribution in [2.75, 3.05) is 31.2 Å². The number of nitrogens with one attached hydrogen (secondary N) is 2. The Bertz CT molecular complexity index is 774. The monoisotopic (exact) mass is 305 g/mol. The predicted octanol–water partition coefficient (Wildman–Crippen LogP) is 0.974. The molecule has 6 nitrogen and oxygen atoms in total. The lowest BCUT2D eigenvalue weighted by molar-refractivity contribution is 0.0695. The first kappa shape index (κ1) is 14.5. The second-order valence-electron chi connectivity index (χ2n) is 5.32. The Morgan fingerprint density at radius 1 is 1.45 bits per heavy atom. The molecule has 3 rings (SSSR count). The zero-order valence-corrected chi connectivity index (χ0v) is 11.8. The van der Waals surface area contributed by atoms with Crippen LogP contribution in [0.2, 0.25) is 0 Å². The van der Waals surface area contributed by atoms with E-state index in [0.717, 1.165) is 12.2 Å². The van der Waals surface area contributed by atoms with Gasteiger partial charge >= 0.3 is 5.97 Å². The Kier molecular flexibility index (Phi) is 3.81. The molecule has 0 bridgehead atoms. The first-order valence-corrected chi connectivity index (χ1v) is 7.03. The number of aromatic carboxylic acids is 1. The first-order chi connectivity index (χ1) is 10.6. The van der Waals surface area contributed by atoms with Gasteiger partial charge in [0, 0.05) is 36.9 Å². The minimum absolute atomic E-state index is 0.196. The van der Waals surface area contributed by atoms with Crippen molar-refractivity contribution >= 4 is 22.6 Å². The molecule has 3 N–H and O–H groups in total. The zero-order chi connectivity index (χ0) is 15.7. The van der Waals surface area contributed by atoms with Crippen LogP contribution in [0.15, 0.2) is 29.2 Å². The van der Waals surface area contributed by atoms with Crippen LogP contribution in [0.5, 0.6) is 0 Å². The van der Waals surface area contributed by atoms with Crippen LogP contribution in [0.25, 0.3) is 10.9 Å². The van der Waals surface area contributed by atoms with Crippen molar-refractivity contribution in [1.82, 2.24) is 10.3 Å². The molecule has 0 aliphatic carbocycles. The number of pyridine rings is 1. The number of piperazine rings is 1. The summed E-state index contributed by atoms with van der Waals surface area (Å²) in [6.45, 7) is 1.57.